The van der Waals surface area contributed by atoms with Crippen molar-refractivity contribution in [3.05, 3.63) is 101 Å². The topological polar surface area (TPSA) is 56.3 Å². The van der Waals surface area contributed by atoms with Gasteiger partial charge in [-0.3, -0.25) is 9.78 Å². The quantitative estimate of drug-likeness (QED) is 0.501. The highest BCUT2D eigenvalue weighted by atomic mass is 35.5. The molecule has 5 heteroatoms. The molecule has 0 saturated carbocycles. The van der Waals surface area contributed by atoms with Crippen LogP contribution in [0, 0.1) is 0 Å². The summed E-state index contributed by atoms with van der Waals surface area (Å²) in [6, 6.07) is 18.4. The van der Waals surface area contributed by atoms with E-state index in [1.165, 1.54) is 24.5 Å². The first-order valence-electron chi connectivity index (χ1n) is 7.61. The Balaban J connectivity index is 1.93. The van der Waals surface area contributed by atoms with Crippen LogP contribution in [-0.2, 0) is 4.74 Å². The molecule has 0 aliphatic carbocycles. The van der Waals surface area contributed by atoms with Gasteiger partial charge in [0.05, 0.1) is 5.56 Å². The molecular formula is C20H14ClNO3. The largest absolute Gasteiger partial charge is 0.445 e. The minimum atomic E-state index is -1.06. The highest BCUT2D eigenvalue weighted by molar-refractivity contribution is 6.30. The second kappa shape index (κ2) is 7.73. The molecule has 1 aromatic heterocycles. The summed E-state index contributed by atoms with van der Waals surface area (Å²) in [5, 5.41) is 0.537. The van der Waals surface area contributed by atoms with Crippen molar-refractivity contribution < 1.29 is 14.3 Å². The van der Waals surface area contributed by atoms with Crippen LogP contribution >= 0.6 is 11.6 Å². The zero-order valence-corrected chi connectivity index (χ0v) is 13.9. The van der Waals surface area contributed by atoms with Gasteiger partial charge in [-0.1, -0.05) is 54.1 Å². The van der Waals surface area contributed by atoms with E-state index in [1.54, 1.807) is 48.5 Å². The SMILES string of the molecule is O=C(O[C@H](C(=O)c1ccccc1)c1ccc(Cl)cc1)c1ccncc1. The van der Waals surface area contributed by atoms with Crippen LogP contribution < -0.4 is 0 Å². The van der Waals surface area contributed by atoms with Crippen LogP contribution in [0.3, 0.4) is 0 Å². The summed E-state index contributed by atoms with van der Waals surface area (Å²) in [4.78, 5) is 29.1. The first-order valence-corrected chi connectivity index (χ1v) is 7.98. The molecule has 3 aromatic rings. The van der Waals surface area contributed by atoms with Gasteiger partial charge in [0, 0.05) is 28.5 Å². The zero-order chi connectivity index (χ0) is 17.6. The normalized spacial score (nSPS) is 11.6. The summed E-state index contributed by atoms with van der Waals surface area (Å²) in [6.07, 6.45) is 1.93. The van der Waals surface area contributed by atoms with Crippen molar-refractivity contribution in [1.82, 2.24) is 4.98 Å². The molecule has 4 nitrogen and oxygen atoms in total. The summed E-state index contributed by atoms with van der Waals surface area (Å²) in [5.74, 6) is -0.892. The Morgan fingerprint density at radius 3 is 2.12 bits per heavy atom. The van der Waals surface area contributed by atoms with Gasteiger partial charge >= 0.3 is 5.97 Å². The Hall–Kier alpha value is -2.98. The van der Waals surface area contributed by atoms with Crippen LogP contribution in [0.5, 0.6) is 0 Å². The Morgan fingerprint density at radius 2 is 1.48 bits per heavy atom. The van der Waals surface area contributed by atoms with Gasteiger partial charge in [0.25, 0.3) is 0 Å². The number of carbonyl (C=O) groups is 2. The highest BCUT2D eigenvalue weighted by Crippen LogP contribution is 2.25. The van der Waals surface area contributed by atoms with E-state index in [-0.39, 0.29) is 5.78 Å². The second-order valence-corrected chi connectivity index (χ2v) is 5.74. The van der Waals surface area contributed by atoms with E-state index in [0.29, 0.717) is 21.7 Å². The molecule has 0 spiro atoms. The molecule has 0 fully saturated rings. The van der Waals surface area contributed by atoms with Gasteiger partial charge in [-0.2, -0.15) is 0 Å². The fraction of sp³-hybridized carbons (Fsp3) is 0.0500. The van der Waals surface area contributed by atoms with Gasteiger partial charge in [0.2, 0.25) is 5.78 Å². The molecule has 1 heterocycles. The number of ether oxygens (including phenoxy) is 1. The molecule has 0 N–H and O–H groups in total. The van der Waals surface area contributed by atoms with E-state index in [0.717, 1.165) is 0 Å². The van der Waals surface area contributed by atoms with Crippen molar-refractivity contribution in [1.29, 1.82) is 0 Å². The Kier molecular flexibility index (Phi) is 5.21. The second-order valence-electron chi connectivity index (χ2n) is 5.30. The molecule has 2 aromatic carbocycles. The summed E-state index contributed by atoms with van der Waals surface area (Å²) in [5.41, 5.74) is 1.35. The van der Waals surface area contributed by atoms with E-state index in [9.17, 15) is 9.59 Å². The van der Waals surface area contributed by atoms with E-state index < -0.39 is 12.1 Å². The van der Waals surface area contributed by atoms with Gasteiger partial charge < -0.3 is 4.74 Å². The molecule has 25 heavy (non-hydrogen) atoms. The van der Waals surface area contributed by atoms with Crippen LogP contribution in [0.15, 0.2) is 79.1 Å². The molecule has 0 aliphatic rings. The van der Waals surface area contributed by atoms with Gasteiger partial charge in [-0.25, -0.2) is 4.79 Å². The van der Waals surface area contributed by atoms with Crippen molar-refractivity contribution in [2.45, 2.75) is 6.10 Å². The average molecular weight is 352 g/mol. The first kappa shape index (κ1) is 16.9. The van der Waals surface area contributed by atoms with E-state index in [2.05, 4.69) is 4.98 Å². The maximum atomic E-state index is 12.9. The number of hydrogen-bond donors (Lipinski definition) is 0. The van der Waals surface area contributed by atoms with Gasteiger partial charge in [-0.05, 0) is 24.3 Å². The predicted molar refractivity (Wildman–Crippen MR) is 94.6 cm³/mol. The van der Waals surface area contributed by atoms with Crippen LogP contribution in [0.4, 0.5) is 0 Å². The number of esters is 1. The molecule has 0 aliphatic heterocycles. The Labute approximate surface area is 150 Å². The summed E-state index contributed by atoms with van der Waals surface area (Å²) < 4.78 is 5.52. The number of nitrogens with zero attached hydrogens (tertiary/aromatic N) is 1. The first-order chi connectivity index (χ1) is 12.1. The summed E-state index contributed by atoms with van der Waals surface area (Å²) in [7, 11) is 0. The lowest BCUT2D eigenvalue weighted by Crippen LogP contribution is -2.20. The molecule has 0 radical (unpaired) electrons. The molecule has 0 amide bonds. The number of rotatable bonds is 5. The summed E-state index contributed by atoms with van der Waals surface area (Å²) >= 11 is 5.91. The standard InChI is InChI=1S/C20H14ClNO3/c21-17-8-6-15(7-9-17)19(18(23)14-4-2-1-3-5-14)25-20(24)16-10-12-22-13-11-16/h1-13,19H/t19-/m0/s1. The number of pyridine rings is 1. The van der Waals surface area contributed by atoms with Crippen LogP contribution in [0.2, 0.25) is 5.02 Å². The van der Waals surface area contributed by atoms with E-state index in [1.807, 2.05) is 6.07 Å². The monoisotopic (exact) mass is 351 g/mol. The summed E-state index contributed by atoms with van der Waals surface area (Å²) in [6.45, 7) is 0. The van der Waals surface area contributed by atoms with Crippen LogP contribution in [-0.4, -0.2) is 16.7 Å². The van der Waals surface area contributed by atoms with Crippen molar-refractivity contribution in [2.75, 3.05) is 0 Å². The van der Waals surface area contributed by atoms with Crippen molar-refractivity contribution in [3.63, 3.8) is 0 Å². The fourth-order valence-corrected chi connectivity index (χ4v) is 2.45. The molecule has 0 bridgehead atoms. The number of Topliss-reactive ketones (excluding diaryl/α,β-unsaturated/α-hetero) is 1. The third-order valence-corrected chi connectivity index (χ3v) is 3.86. The van der Waals surface area contributed by atoms with Gasteiger partial charge in [-0.15, -0.1) is 0 Å². The fourth-order valence-electron chi connectivity index (χ4n) is 2.33. The minimum absolute atomic E-state index is 0.301. The van der Waals surface area contributed by atoms with Gasteiger partial charge in [0.1, 0.15) is 0 Å². The average Bonchev–Trinajstić information content (AvgIpc) is 2.67. The highest BCUT2D eigenvalue weighted by Gasteiger charge is 2.26. The third-order valence-electron chi connectivity index (χ3n) is 3.61. The molecule has 0 unspecified atom stereocenters. The maximum absolute atomic E-state index is 12.9. The van der Waals surface area contributed by atoms with Crippen LogP contribution in [0.25, 0.3) is 0 Å². The minimum Gasteiger partial charge on any atom is -0.445 e. The number of hydrogen-bond acceptors (Lipinski definition) is 4. The van der Waals surface area contributed by atoms with Crippen molar-refractivity contribution in [2.24, 2.45) is 0 Å². The Morgan fingerprint density at radius 1 is 0.840 bits per heavy atom. The molecule has 124 valence electrons. The van der Waals surface area contributed by atoms with E-state index in [4.69, 9.17) is 16.3 Å². The van der Waals surface area contributed by atoms with Crippen molar-refractivity contribution >= 4 is 23.4 Å². The molecule has 1 atom stereocenters. The maximum Gasteiger partial charge on any atom is 0.339 e. The number of aromatic nitrogens is 1. The molecule has 0 saturated heterocycles. The number of carbonyl (C=O) groups excluding carboxylic acids is 2. The lowest BCUT2D eigenvalue weighted by molar-refractivity contribution is 0.0280. The lowest BCUT2D eigenvalue weighted by atomic mass is 10.00. The Bertz CT molecular complexity index is 864. The molecule has 3 rings (SSSR count). The lowest BCUT2D eigenvalue weighted by Gasteiger charge is -2.17. The van der Waals surface area contributed by atoms with Gasteiger partial charge in [0.15, 0.2) is 6.10 Å². The molecular weight excluding hydrogens is 338 g/mol. The number of halogens is 1. The van der Waals surface area contributed by atoms with Crippen LogP contribution in [0.1, 0.15) is 32.4 Å². The smallest absolute Gasteiger partial charge is 0.339 e. The zero-order valence-electron chi connectivity index (χ0n) is 13.1. The third kappa shape index (κ3) is 4.11. The van der Waals surface area contributed by atoms with E-state index >= 15 is 0 Å². The van der Waals surface area contributed by atoms with Crippen molar-refractivity contribution in [3.8, 4) is 0 Å². The number of benzene rings is 2. The predicted octanol–water partition coefficient (Wildman–Crippen LogP) is 4.52. The number of ketones is 1.